The summed E-state index contributed by atoms with van der Waals surface area (Å²) in [6.07, 6.45) is 0.518. The minimum absolute atomic E-state index is 0.115. The molecule has 1 aliphatic rings. The molecule has 3 rings (SSSR count). The summed E-state index contributed by atoms with van der Waals surface area (Å²) in [4.78, 5) is 0. The third-order valence-corrected chi connectivity index (χ3v) is 4.95. The van der Waals surface area contributed by atoms with E-state index in [2.05, 4.69) is 5.32 Å². The summed E-state index contributed by atoms with van der Waals surface area (Å²) in [5, 5.41) is 3.37. The predicted molar refractivity (Wildman–Crippen MR) is 95.3 cm³/mol. The first-order chi connectivity index (χ1) is 12.6. The number of nitrogens with one attached hydrogen (secondary N) is 1. The van der Waals surface area contributed by atoms with Gasteiger partial charge in [-0.15, -0.1) is 0 Å². The van der Waals surface area contributed by atoms with E-state index in [0.29, 0.717) is 23.5 Å². The van der Waals surface area contributed by atoms with Crippen LogP contribution in [0.2, 0.25) is 0 Å². The number of ether oxygens (including phenoxy) is 3. The molecule has 4 nitrogen and oxygen atoms in total. The third-order valence-electron chi connectivity index (χ3n) is 4.95. The summed E-state index contributed by atoms with van der Waals surface area (Å²) in [5.41, 5.74) is 1.65. The van der Waals surface area contributed by atoms with Crippen molar-refractivity contribution >= 4 is 0 Å². The number of methoxy groups -OCH3 is 3. The highest BCUT2D eigenvalue weighted by atomic mass is 19.1. The zero-order chi connectivity index (χ0) is 18.7. The van der Waals surface area contributed by atoms with E-state index >= 15 is 0 Å². The zero-order valence-electron chi connectivity index (χ0n) is 15.1. The first kappa shape index (κ1) is 18.5. The van der Waals surface area contributed by atoms with Crippen molar-refractivity contribution in [1.29, 1.82) is 0 Å². The molecule has 1 aliphatic heterocycles. The van der Waals surface area contributed by atoms with Gasteiger partial charge in [-0.3, -0.25) is 0 Å². The fraction of sp³-hybridized carbons (Fsp3) is 0.400. The van der Waals surface area contributed by atoms with Crippen LogP contribution in [-0.4, -0.2) is 34.4 Å². The second-order valence-corrected chi connectivity index (χ2v) is 6.42. The maximum Gasteiger partial charge on any atom is 0.168 e. The molecule has 2 aromatic carbocycles. The summed E-state index contributed by atoms with van der Waals surface area (Å²) in [5.74, 6) is 0.583. The lowest BCUT2D eigenvalue weighted by atomic mass is 9.84. The van der Waals surface area contributed by atoms with E-state index in [4.69, 9.17) is 14.2 Å². The Morgan fingerprint density at radius 3 is 2.42 bits per heavy atom. The van der Waals surface area contributed by atoms with E-state index in [1.165, 1.54) is 13.2 Å². The minimum Gasteiger partial charge on any atom is -0.493 e. The molecule has 0 aromatic heterocycles. The number of benzene rings is 2. The maximum absolute atomic E-state index is 14.0. The van der Waals surface area contributed by atoms with Crippen molar-refractivity contribution in [2.75, 3.05) is 34.4 Å². The van der Waals surface area contributed by atoms with Gasteiger partial charge < -0.3 is 19.5 Å². The van der Waals surface area contributed by atoms with Gasteiger partial charge in [-0.05, 0) is 42.6 Å². The van der Waals surface area contributed by atoms with Crippen LogP contribution in [0.1, 0.15) is 17.0 Å². The Balaban J connectivity index is 1.88. The molecular weight excluding hydrogens is 340 g/mol. The van der Waals surface area contributed by atoms with Crippen LogP contribution >= 0.6 is 0 Å². The Labute approximate surface area is 152 Å². The van der Waals surface area contributed by atoms with Crippen LogP contribution in [0.3, 0.4) is 0 Å². The first-order valence-electron chi connectivity index (χ1n) is 8.52. The SMILES string of the molecule is COc1ccc([C@@H]2CNC[C@H]2Cc2cc(F)cc(F)c2OC)cc1OC. The molecule has 1 saturated heterocycles. The van der Waals surface area contributed by atoms with Crippen LogP contribution in [0.15, 0.2) is 30.3 Å². The van der Waals surface area contributed by atoms with Crippen LogP contribution in [-0.2, 0) is 6.42 Å². The topological polar surface area (TPSA) is 39.7 Å². The van der Waals surface area contributed by atoms with Gasteiger partial charge in [-0.2, -0.15) is 0 Å². The second-order valence-electron chi connectivity index (χ2n) is 6.42. The van der Waals surface area contributed by atoms with Gasteiger partial charge in [0, 0.05) is 24.1 Å². The van der Waals surface area contributed by atoms with Crippen molar-refractivity contribution in [1.82, 2.24) is 5.32 Å². The van der Waals surface area contributed by atoms with E-state index in [-0.39, 0.29) is 17.6 Å². The Morgan fingerprint density at radius 2 is 1.73 bits per heavy atom. The molecular formula is C20H23F2NO3. The van der Waals surface area contributed by atoms with Gasteiger partial charge in [0.2, 0.25) is 0 Å². The smallest absolute Gasteiger partial charge is 0.168 e. The fourth-order valence-electron chi connectivity index (χ4n) is 3.70. The molecule has 0 unspecified atom stereocenters. The molecule has 0 spiro atoms. The van der Waals surface area contributed by atoms with Crippen molar-refractivity contribution in [2.45, 2.75) is 12.3 Å². The quantitative estimate of drug-likeness (QED) is 0.852. The highest BCUT2D eigenvalue weighted by Gasteiger charge is 2.30. The monoisotopic (exact) mass is 363 g/mol. The van der Waals surface area contributed by atoms with Gasteiger partial charge in [-0.1, -0.05) is 6.07 Å². The Kier molecular flexibility index (Phi) is 5.61. The van der Waals surface area contributed by atoms with Crippen LogP contribution < -0.4 is 19.5 Å². The van der Waals surface area contributed by atoms with Gasteiger partial charge >= 0.3 is 0 Å². The highest BCUT2D eigenvalue weighted by molar-refractivity contribution is 5.45. The summed E-state index contributed by atoms with van der Waals surface area (Å²) >= 11 is 0. The highest BCUT2D eigenvalue weighted by Crippen LogP contribution is 2.37. The Morgan fingerprint density at radius 1 is 0.962 bits per heavy atom. The summed E-state index contributed by atoms with van der Waals surface area (Å²) in [6.45, 7) is 1.56. The molecule has 1 heterocycles. The van der Waals surface area contributed by atoms with Crippen molar-refractivity contribution in [3.8, 4) is 17.2 Å². The van der Waals surface area contributed by atoms with E-state index in [9.17, 15) is 8.78 Å². The molecule has 1 N–H and O–H groups in total. The Hall–Kier alpha value is -2.34. The van der Waals surface area contributed by atoms with Crippen LogP contribution in [0.4, 0.5) is 8.78 Å². The average molecular weight is 363 g/mol. The largest absolute Gasteiger partial charge is 0.493 e. The lowest BCUT2D eigenvalue weighted by Crippen LogP contribution is -2.15. The van der Waals surface area contributed by atoms with Gasteiger partial charge in [0.1, 0.15) is 5.82 Å². The second kappa shape index (κ2) is 7.91. The maximum atomic E-state index is 14.0. The fourth-order valence-corrected chi connectivity index (χ4v) is 3.70. The molecule has 0 aliphatic carbocycles. The Bertz CT molecular complexity index is 782. The van der Waals surface area contributed by atoms with Crippen LogP contribution in [0.25, 0.3) is 0 Å². The lowest BCUT2D eigenvalue weighted by molar-refractivity contribution is 0.353. The summed E-state index contributed by atoms with van der Waals surface area (Å²) < 4.78 is 43.5. The van der Waals surface area contributed by atoms with Crippen molar-refractivity contribution in [2.24, 2.45) is 5.92 Å². The van der Waals surface area contributed by atoms with Gasteiger partial charge in [0.05, 0.1) is 21.3 Å². The molecule has 2 atom stereocenters. The van der Waals surface area contributed by atoms with Crippen LogP contribution in [0.5, 0.6) is 17.2 Å². The predicted octanol–water partition coefficient (Wildman–Crippen LogP) is 3.54. The standard InChI is InChI=1S/C20H23F2NO3/c1-24-18-5-4-12(8-19(18)25-2)16-11-23-10-14(16)6-13-7-15(21)9-17(22)20(13)26-3/h4-5,7-9,14,16,23H,6,10-11H2,1-3H3/t14-,16+/m1/s1. The van der Waals surface area contributed by atoms with E-state index in [0.717, 1.165) is 24.7 Å². The number of rotatable bonds is 6. The zero-order valence-corrected chi connectivity index (χ0v) is 15.1. The molecule has 0 saturated carbocycles. The summed E-state index contributed by atoms with van der Waals surface area (Å²) in [6, 6.07) is 8.06. The van der Waals surface area contributed by atoms with E-state index in [1.807, 2.05) is 18.2 Å². The van der Waals surface area contributed by atoms with Gasteiger partial charge in [0.25, 0.3) is 0 Å². The lowest BCUT2D eigenvalue weighted by Gasteiger charge is -2.21. The average Bonchev–Trinajstić information content (AvgIpc) is 3.09. The number of hydrogen-bond acceptors (Lipinski definition) is 4. The van der Waals surface area contributed by atoms with Crippen molar-refractivity contribution in [3.05, 3.63) is 53.1 Å². The van der Waals surface area contributed by atoms with Crippen molar-refractivity contribution in [3.63, 3.8) is 0 Å². The molecule has 1 fully saturated rings. The molecule has 140 valence electrons. The molecule has 6 heteroatoms. The van der Waals surface area contributed by atoms with Crippen LogP contribution in [0, 0.1) is 17.6 Å². The first-order valence-corrected chi connectivity index (χ1v) is 8.52. The molecule has 0 amide bonds. The molecule has 0 radical (unpaired) electrons. The van der Waals surface area contributed by atoms with Gasteiger partial charge in [0.15, 0.2) is 23.1 Å². The normalized spacial score (nSPS) is 19.4. The number of halogens is 2. The van der Waals surface area contributed by atoms with Gasteiger partial charge in [-0.25, -0.2) is 8.78 Å². The molecule has 26 heavy (non-hydrogen) atoms. The molecule has 0 bridgehead atoms. The number of hydrogen-bond donors (Lipinski definition) is 1. The molecule has 2 aromatic rings. The minimum atomic E-state index is -0.670. The summed E-state index contributed by atoms with van der Waals surface area (Å²) in [7, 11) is 4.60. The third kappa shape index (κ3) is 3.60. The van der Waals surface area contributed by atoms with Crippen molar-refractivity contribution < 1.29 is 23.0 Å². The van der Waals surface area contributed by atoms with E-state index in [1.54, 1.807) is 14.2 Å². The van der Waals surface area contributed by atoms with E-state index < -0.39 is 11.6 Å².